The summed E-state index contributed by atoms with van der Waals surface area (Å²) in [6.45, 7) is 3.87. The van der Waals surface area contributed by atoms with E-state index in [1.807, 2.05) is 38.1 Å². The van der Waals surface area contributed by atoms with E-state index < -0.39 is 0 Å². The van der Waals surface area contributed by atoms with E-state index in [0.29, 0.717) is 5.89 Å². The maximum Gasteiger partial charge on any atom is 0.216 e. The number of hydrogen-bond donors (Lipinski definition) is 1. The summed E-state index contributed by atoms with van der Waals surface area (Å²) in [5.41, 5.74) is 0.913. The molecular weight excluding hydrogens is 240 g/mol. The van der Waals surface area contributed by atoms with Crippen LogP contribution in [-0.2, 0) is 0 Å². The predicted molar refractivity (Wildman–Crippen MR) is 72.8 cm³/mol. The van der Waals surface area contributed by atoms with Crippen molar-refractivity contribution in [3.05, 3.63) is 48.4 Å². The second kappa shape index (κ2) is 4.68. The molecule has 2 aromatic heterocycles. The van der Waals surface area contributed by atoms with Gasteiger partial charge in [0.1, 0.15) is 23.9 Å². The van der Waals surface area contributed by atoms with Crippen LogP contribution in [-0.4, -0.2) is 15.0 Å². The third-order valence-electron chi connectivity index (χ3n) is 2.91. The third kappa shape index (κ3) is 2.27. The number of para-hydroxylation sites is 1. The van der Waals surface area contributed by atoms with Crippen LogP contribution in [0.5, 0.6) is 0 Å². The highest BCUT2D eigenvalue weighted by Crippen LogP contribution is 2.23. The maximum absolute atomic E-state index is 5.51. The number of rotatable bonds is 3. The van der Waals surface area contributed by atoms with Gasteiger partial charge in [-0.25, -0.2) is 15.0 Å². The minimum atomic E-state index is -0.0491. The fourth-order valence-corrected chi connectivity index (χ4v) is 1.96. The van der Waals surface area contributed by atoms with Crippen LogP contribution in [0.4, 0.5) is 5.82 Å². The molecule has 19 heavy (non-hydrogen) atoms. The van der Waals surface area contributed by atoms with Gasteiger partial charge < -0.3 is 9.73 Å². The molecule has 96 valence electrons. The number of nitrogens with zero attached hydrogens (tertiary/aromatic N) is 3. The van der Waals surface area contributed by atoms with Crippen molar-refractivity contribution < 1.29 is 4.42 Å². The Morgan fingerprint density at radius 1 is 1.16 bits per heavy atom. The van der Waals surface area contributed by atoms with Gasteiger partial charge in [-0.05, 0) is 26.0 Å². The first-order valence-corrected chi connectivity index (χ1v) is 6.12. The van der Waals surface area contributed by atoms with Crippen molar-refractivity contribution in [2.24, 2.45) is 0 Å². The van der Waals surface area contributed by atoms with Gasteiger partial charge in [0.15, 0.2) is 0 Å². The Labute approximate surface area is 110 Å². The molecule has 0 radical (unpaired) electrons. The van der Waals surface area contributed by atoms with Crippen LogP contribution in [0, 0.1) is 6.92 Å². The van der Waals surface area contributed by atoms with E-state index in [-0.39, 0.29) is 6.04 Å². The summed E-state index contributed by atoms with van der Waals surface area (Å²) in [5, 5.41) is 4.29. The molecule has 0 aliphatic rings. The lowest BCUT2D eigenvalue weighted by molar-refractivity contribution is 0.453. The molecule has 2 heterocycles. The molecule has 3 rings (SSSR count). The van der Waals surface area contributed by atoms with E-state index >= 15 is 0 Å². The lowest BCUT2D eigenvalue weighted by Gasteiger charge is -2.12. The molecule has 0 saturated carbocycles. The van der Waals surface area contributed by atoms with Gasteiger partial charge in [0.25, 0.3) is 0 Å². The van der Waals surface area contributed by atoms with Crippen LogP contribution < -0.4 is 5.32 Å². The first-order valence-electron chi connectivity index (χ1n) is 6.12. The topological polar surface area (TPSA) is 63.8 Å². The first-order chi connectivity index (χ1) is 9.24. The largest absolute Gasteiger partial charge is 0.444 e. The molecule has 0 fully saturated rings. The molecule has 0 saturated heterocycles. The Hall–Kier alpha value is -2.43. The predicted octanol–water partition coefficient (Wildman–Crippen LogP) is 3.10. The Morgan fingerprint density at radius 2 is 2.00 bits per heavy atom. The zero-order valence-electron chi connectivity index (χ0n) is 10.8. The van der Waals surface area contributed by atoms with Crippen molar-refractivity contribution in [2.75, 3.05) is 5.32 Å². The second-order valence-electron chi connectivity index (χ2n) is 4.41. The highest BCUT2D eigenvalue weighted by molar-refractivity contribution is 5.88. The van der Waals surface area contributed by atoms with Crippen molar-refractivity contribution in [3.63, 3.8) is 0 Å². The zero-order chi connectivity index (χ0) is 13.2. The number of aryl methyl sites for hydroxylation is 1. The van der Waals surface area contributed by atoms with Gasteiger partial charge >= 0.3 is 0 Å². The van der Waals surface area contributed by atoms with Gasteiger partial charge in [-0.15, -0.1) is 0 Å². The van der Waals surface area contributed by atoms with E-state index in [1.54, 1.807) is 12.5 Å². The van der Waals surface area contributed by atoms with Gasteiger partial charge in [0.05, 0.1) is 11.7 Å². The Balaban J connectivity index is 1.93. The van der Waals surface area contributed by atoms with Crippen LogP contribution in [0.25, 0.3) is 10.9 Å². The minimum Gasteiger partial charge on any atom is -0.444 e. The molecule has 0 aliphatic heterocycles. The quantitative estimate of drug-likeness (QED) is 0.778. The zero-order valence-corrected chi connectivity index (χ0v) is 10.8. The average Bonchev–Trinajstić information content (AvgIpc) is 2.86. The summed E-state index contributed by atoms with van der Waals surface area (Å²) >= 11 is 0. The molecule has 0 bridgehead atoms. The molecule has 0 aliphatic carbocycles. The van der Waals surface area contributed by atoms with Crippen LogP contribution in [0.1, 0.15) is 24.6 Å². The number of aromatic nitrogens is 3. The second-order valence-corrected chi connectivity index (χ2v) is 4.41. The highest BCUT2D eigenvalue weighted by Gasteiger charge is 2.13. The smallest absolute Gasteiger partial charge is 0.216 e. The third-order valence-corrected chi connectivity index (χ3v) is 2.91. The van der Waals surface area contributed by atoms with Crippen LogP contribution in [0.2, 0.25) is 0 Å². The first kappa shape index (κ1) is 11.6. The van der Waals surface area contributed by atoms with Crippen LogP contribution in [0.3, 0.4) is 0 Å². The molecule has 0 amide bonds. The molecule has 1 aromatic carbocycles. The molecule has 3 aromatic rings. The summed E-state index contributed by atoms with van der Waals surface area (Å²) in [5.74, 6) is 2.24. The fourth-order valence-electron chi connectivity index (χ4n) is 1.96. The average molecular weight is 254 g/mol. The molecule has 0 spiro atoms. The van der Waals surface area contributed by atoms with Gasteiger partial charge in [-0.3, -0.25) is 0 Å². The SMILES string of the molecule is Cc1cnc(C(C)Nc2ncnc3ccccc23)o1. The standard InChI is InChI=1S/C14H14N4O/c1-9-7-15-14(19-9)10(2)18-13-11-5-3-4-6-12(11)16-8-17-13/h3-8,10H,1-2H3,(H,16,17,18). The fraction of sp³-hybridized carbons (Fsp3) is 0.214. The summed E-state index contributed by atoms with van der Waals surface area (Å²) < 4.78 is 5.51. The van der Waals surface area contributed by atoms with Crippen molar-refractivity contribution in [1.29, 1.82) is 0 Å². The molecule has 1 atom stereocenters. The highest BCUT2D eigenvalue weighted by atomic mass is 16.4. The molecular formula is C14H14N4O. The minimum absolute atomic E-state index is 0.0491. The van der Waals surface area contributed by atoms with Gasteiger partial charge in [-0.2, -0.15) is 0 Å². The Kier molecular flexibility index (Phi) is 2.87. The lowest BCUT2D eigenvalue weighted by atomic mass is 10.2. The van der Waals surface area contributed by atoms with Crippen LogP contribution in [0.15, 0.2) is 41.2 Å². The molecule has 5 heteroatoms. The molecule has 5 nitrogen and oxygen atoms in total. The number of oxazole rings is 1. The van der Waals surface area contributed by atoms with Crippen molar-refractivity contribution in [1.82, 2.24) is 15.0 Å². The van der Waals surface area contributed by atoms with E-state index in [4.69, 9.17) is 4.42 Å². The summed E-state index contributed by atoms with van der Waals surface area (Å²) in [6, 6.07) is 7.83. The number of benzene rings is 1. The van der Waals surface area contributed by atoms with Crippen molar-refractivity contribution >= 4 is 16.7 Å². The summed E-state index contributed by atoms with van der Waals surface area (Å²) in [6.07, 6.45) is 3.27. The normalized spacial score (nSPS) is 12.5. The number of hydrogen-bond acceptors (Lipinski definition) is 5. The summed E-state index contributed by atoms with van der Waals surface area (Å²) in [4.78, 5) is 12.7. The van der Waals surface area contributed by atoms with Crippen molar-refractivity contribution in [3.8, 4) is 0 Å². The Morgan fingerprint density at radius 3 is 2.79 bits per heavy atom. The van der Waals surface area contributed by atoms with E-state index in [0.717, 1.165) is 22.5 Å². The van der Waals surface area contributed by atoms with E-state index in [2.05, 4.69) is 20.3 Å². The number of fused-ring (bicyclic) bond motifs is 1. The maximum atomic E-state index is 5.51. The van der Waals surface area contributed by atoms with E-state index in [9.17, 15) is 0 Å². The van der Waals surface area contributed by atoms with Gasteiger partial charge in [-0.1, -0.05) is 12.1 Å². The molecule has 1 N–H and O–H groups in total. The lowest BCUT2D eigenvalue weighted by Crippen LogP contribution is -2.08. The molecule has 1 unspecified atom stereocenters. The van der Waals surface area contributed by atoms with E-state index in [1.165, 1.54) is 0 Å². The Bertz CT molecular complexity index is 702. The summed E-state index contributed by atoms with van der Waals surface area (Å²) in [7, 11) is 0. The van der Waals surface area contributed by atoms with Gasteiger partial charge in [0, 0.05) is 5.39 Å². The monoisotopic (exact) mass is 254 g/mol. The number of nitrogens with one attached hydrogen (secondary N) is 1. The van der Waals surface area contributed by atoms with Gasteiger partial charge in [0.2, 0.25) is 5.89 Å². The van der Waals surface area contributed by atoms with Crippen LogP contribution >= 0.6 is 0 Å². The van der Waals surface area contributed by atoms with Crippen molar-refractivity contribution in [2.45, 2.75) is 19.9 Å². The number of anilines is 1.